The van der Waals surface area contributed by atoms with Crippen molar-refractivity contribution in [1.82, 2.24) is 14.7 Å². The van der Waals surface area contributed by atoms with Crippen LogP contribution in [-0.4, -0.2) is 79.6 Å². The second kappa shape index (κ2) is 8.65. The second-order valence-electron chi connectivity index (χ2n) is 7.25. The SMILES string of the molecule is CN1CCC(N2CCN(Cc3cccc(OCC(N)=O)c3)CC2)CC1. The number of benzene rings is 1. The van der Waals surface area contributed by atoms with E-state index >= 15 is 0 Å². The maximum atomic E-state index is 10.8. The van der Waals surface area contributed by atoms with Crippen LogP contribution in [0.25, 0.3) is 0 Å². The molecule has 0 unspecified atom stereocenters. The molecule has 2 saturated heterocycles. The number of likely N-dealkylation sites (tertiary alicyclic amines) is 1. The van der Waals surface area contributed by atoms with Crippen LogP contribution in [0.2, 0.25) is 0 Å². The normalized spacial score (nSPS) is 21.3. The predicted molar refractivity (Wildman–Crippen MR) is 98.5 cm³/mol. The van der Waals surface area contributed by atoms with Gasteiger partial charge in [-0.15, -0.1) is 0 Å². The lowest BCUT2D eigenvalue weighted by Crippen LogP contribution is -2.52. The number of hydrogen-bond donors (Lipinski definition) is 1. The second-order valence-corrected chi connectivity index (χ2v) is 7.25. The molecule has 1 amide bonds. The molecule has 0 atom stereocenters. The van der Waals surface area contributed by atoms with Gasteiger partial charge in [-0.2, -0.15) is 0 Å². The highest BCUT2D eigenvalue weighted by molar-refractivity contribution is 5.75. The third kappa shape index (κ3) is 5.42. The zero-order valence-electron chi connectivity index (χ0n) is 15.2. The van der Waals surface area contributed by atoms with Gasteiger partial charge in [0.15, 0.2) is 6.61 Å². The van der Waals surface area contributed by atoms with Crippen molar-refractivity contribution < 1.29 is 9.53 Å². The number of primary amides is 1. The summed E-state index contributed by atoms with van der Waals surface area (Å²) in [5.74, 6) is 0.261. The summed E-state index contributed by atoms with van der Waals surface area (Å²) in [6.45, 7) is 7.84. The number of rotatable bonds is 6. The summed E-state index contributed by atoms with van der Waals surface area (Å²) in [7, 11) is 2.22. The van der Waals surface area contributed by atoms with E-state index in [1.54, 1.807) is 0 Å². The van der Waals surface area contributed by atoms with Crippen molar-refractivity contribution in [2.45, 2.75) is 25.4 Å². The summed E-state index contributed by atoms with van der Waals surface area (Å²) in [6, 6.07) is 8.72. The molecule has 1 aromatic rings. The average Bonchev–Trinajstić information content (AvgIpc) is 2.62. The molecule has 2 heterocycles. The number of nitrogens with zero attached hydrogens (tertiary/aromatic N) is 3. The topological polar surface area (TPSA) is 62.0 Å². The van der Waals surface area contributed by atoms with Gasteiger partial charge in [0, 0.05) is 38.8 Å². The number of piperidine rings is 1. The van der Waals surface area contributed by atoms with Crippen LogP contribution in [0.3, 0.4) is 0 Å². The first-order valence-corrected chi connectivity index (χ1v) is 9.25. The maximum absolute atomic E-state index is 10.8. The molecule has 1 aromatic carbocycles. The number of piperazine rings is 1. The Morgan fingerprint density at radius 3 is 2.56 bits per heavy atom. The molecule has 0 spiro atoms. The van der Waals surface area contributed by atoms with Gasteiger partial charge in [-0.05, 0) is 50.7 Å². The lowest BCUT2D eigenvalue weighted by Gasteiger charge is -2.42. The molecule has 6 heteroatoms. The Morgan fingerprint density at radius 1 is 1.16 bits per heavy atom. The minimum atomic E-state index is -0.449. The largest absolute Gasteiger partial charge is 0.484 e. The Labute approximate surface area is 150 Å². The van der Waals surface area contributed by atoms with Crippen LogP contribution in [0.5, 0.6) is 5.75 Å². The minimum Gasteiger partial charge on any atom is -0.484 e. The van der Waals surface area contributed by atoms with Gasteiger partial charge in [-0.1, -0.05) is 12.1 Å². The van der Waals surface area contributed by atoms with Crippen molar-refractivity contribution in [2.75, 3.05) is 52.9 Å². The van der Waals surface area contributed by atoms with Crippen molar-refractivity contribution in [3.63, 3.8) is 0 Å². The first kappa shape index (κ1) is 18.2. The number of hydrogen-bond acceptors (Lipinski definition) is 5. The average molecular weight is 346 g/mol. The van der Waals surface area contributed by atoms with E-state index in [9.17, 15) is 4.79 Å². The fourth-order valence-corrected chi connectivity index (χ4v) is 3.79. The van der Waals surface area contributed by atoms with E-state index in [-0.39, 0.29) is 6.61 Å². The van der Waals surface area contributed by atoms with Crippen LogP contribution < -0.4 is 10.5 Å². The number of amides is 1. The molecule has 3 rings (SSSR count). The molecule has 2 aliphatic heterocycles. The first-order valence-electron chi connectivity index (χ1n) is 9.25. The van der Waals surface area contributed by atoms with Crippen LogP contribution in [0, 0.1) is 0 Å². The van der Waals surface area contributed by atoms with Gasteiger partial charge in [-0.3, -0.25) is 14.6 Å². The summed E-state index contributed by atoms with van der Waals surface area (Å²) >= 11 is 0. The highest BCUT2D eigenvalue weighted by Gasteiger charge is 2.26. The highest BCUT2D eigenvalue weighted by atomic mass is 16.5. The molecule has 2 aliphatic rings. The van der Waals surface area contributed by atoms with E-state index in [2.05, 4.69) is 27.8 Å². The Kier molecular flexibility index (Phi) is 6.29. The Balaban J connectivity index is 1.46. The molecule has 0 aliphatic carbocycles. The lowest BCUT2D eigenvalue weighted by atomic mass is 10.0. The van der Waals surface area contributed by atoms with Gasteiger partial charge in [0.2, 0.25) is 0 Å². The standard InChI is InChI=1S/C19H30N4O2/c1-21-7-5-17(6-8-21)23-11-9-22(10-12-23)14-16-3-2-4-18(13-16)25-15-19(20)24/h2-4,13,17H,5-12,14-15H2,1H3,(H2,20,24). The molecule has 0 saturated carbocycles. The van der Waals surface area contributed by atoms with E-state index in [0.717, 1.165) is 38.8 Å². The van der Waals surface area contributed by atoms with Crippen LogP contribution in [-0.2, 0) is 11.3 Å². The van der Waals surface area contributed by atoms with Crippen molar-refractivity contribution in [1.29, 1.82) is 0 Å². The Morgan fingerprint density at radius 2 is 1.88 bits per heavy atom. The molecule has 6 nitrogen and oxygen atoms in total. The fraction of sp³-hybridized carbons (Fsp3) is 0.632. The molecular formula is C19H30N4O2. The summed E-state index contributed by atoms with van der Waals surface area (Å²) in [5.41, 5.74) is 6.35. The minimum absolute atomic E-state index is 0.0707. The number of ether oxygens (including phenoxy) is 1. The smallest absolute Gasteiger partial charge is 0.255 e. The van der Waals surface area contributed by atoms with Crippen molar-refractivity contribution in [3.8, 4) is 5.75 Å². The van der Waals surface area contributed by atoms with Gasteiger partial charge < -0.3 is 15.4 Å². The molecule has 2 N–H and O–H groups in total. The number of carbonyl (C=O) groups excluding carboxylic acids is 1. The van der Waals surface area contributed by atoms with Gasteiger partial charge in [0.25, 0.3) is 5.91 Å². The number of carbonyl (C=O) groups is 1. The van der Waals surface area contributed by atoms with E-state index in [0.29, 0.717) is 5.75 Å². The van der Waals surface area contributed by atoms with E-state index in [1.807, 2.05) is 18.2 Å². The predicted octanol–water partition coefficient (Wildman–Crippen LogP) is 0.763. The molecule has 0 radical (unpaired) electrons. The van der Waals surface area contributed by atoms with E-state index in [1.165, 1.54) is 31.5 Å². The molecular weight excluding hydrogens is 316 g/mol. The van der Waals surface area contributed by atoms with Gasteiger partial charge in [-0.25, -0.2) is 0 Å². The molecule has 0 bridgehead atoms. The monoisotopic (exact) mass is 346 g/mol. The number of nitrogens with two attached hydrogens (primary N) is 1. The van der Waals surface area contributed by atoms with Crippen molar-refractivity contribution in [3.05, 3.63) is 29.8 Å². The summed E-state index contributed by atoms with van der Waals surface area (Å²) in [6.07, 6.45) is 2.60. The zero-order valence-corrected chi connectivity index (χ0v) is 15.2. The van der Waals surface area contributed by atoms with Crippen molar-refractivity contribution in [2.24, 2.45) is 5.73 Å². The van der Waals surface area contributed by atoms with Crippen LogP contribution >= 0.6 is 0 Å². The Bertz CT molecular complexity index is 564. The Hall–Kier alpha value is -1.63. The molecule has 0 aromatic heterocycles. The molecule has 25 heavy (non-hydrogen) atoms. The van der Waals surface area contributed by atoms with Gasteiger partial charge in [0.05, 0.1) is 0 Å². The highest BCUT2D eigenvalue weighted by Crippen LogP contribution is 2.19. The van der Waals surface area contributed by atoms with Crippen molar-refractivity contribution >= 4 is 5.91 Å². The third-order valence-electron chi connectivity index (χ3n) is 5.30. The van der Waals surface area contributed by atoms with Gasteiger partial charge in [0.1, 0.15) is 5.75 Å². The zero-order chi connectivity index (χ0) is 17.6. The van der Waals surface area contributed by atoms with E-state index < -0.39 is 5.91 Å². The first-order chi connectivity index (χ1) is 12.1. The van der Waals surface area contributed by atoms with E-state index in [4.69, 9.17) is 10.5 Å². The molecule has 2 fully saturated rings. The van der Waals surface area contributed by atoms with Crippen LogP contribution in [0.4, 0.5) is 0 Å². The fourth-order valence-electron chi connectivity index (χ4n) is 3.79. The van der Waals surface area contributed by atoms with Crippen LogP contribution in [0.1, 0.15) is 18.4 Å². The summed E-state index contributed by atoms with van der Waals surface area (Å²) < 4.78 is 5.40. The lowest BCUT2D eigenvalue weighted by molar-refractivity contribution is -0.119. The summed E-state index contributed by atoms with van der Waals surface area (Å²) in [4.78, 5) is 18.4. The molecule has 138 valence electrons. The van der Waals surface area contributed by atoms with Gasteiger partial charge >= 0.3 is 0 Å². The van der Waals surface area contributed by atoms with Crippen LogP contribution in [0.15, 0.2) is 24.3 Å². The summed E-state index contributed by atoms with van der Waals surface area (Å²) in [5, 5.41) is 0. The maximum Gasteiger partial charge on any atom is 0.255 e. The quantitative estimate of drug-likeness (QED) is 0.824. The third-order valence-corrected chi connectivity index (χ3v) is 5.30.